The van der Waals surface area contributed by atoms with E-state index in [1.54, 1.807) is 7.11 Å². The maximum absolute atomic E-state index is 11.2. The molecule has 1 heterocycles. The molecule has 2 atom stereocenters. The van der Waals surface area contributed by atoms with Crippen molar-refractivity contribution in [3.63, 3.8) is 0 Å². The Balaban J connectivity index is 2.16. The van der Waals surface area contributed by atoms with Crippen LogP contribution < -0.4 is 14.8 Å². The van der Waals surface area contributed by atoms with E-state index >= 15 is 0 Å². The fourth-order valence-corrected chi connectivity index (χ4v) is 2.66. The second kappa shape index (κ2) is 6.80. The Labute approximate surface area is 125 Å². The highest BCUT2D eigenvalue weighted by Crippen LogP contribution is 2.36. The largest absolute Gasteiger partial charge is 0.497 e. The monoisotopic (exact) mass is 293 g/mol. The molecule has 2 unspecified atom stereocenters. The average molecular weight is 293 g/mol. The summed E-state index contributed by atoms with van der Waals surface area (Å²) in [6.07, 6.45) is 2.44. The first-order valence-electron chi connectivity index (χ1n) is 7.37. The zero-order valence-electron chi connectivity index (χ0n) is 12.8. The molecule has 5 heteroatoms. The molecule has 0 saturated carbocycles. The lowest BCUT2D eigenvalue weighted by Gasteiger charge is -2.16. The molecule has 2 rings (SSSR count). The van der Waals surface area contributed by atoms with Crippen molar-refractivity contribution < 1.29 is 19.4 Å². The second-order valence-electron chi connectivity index (χ2n) is 5.47. The van der Waals surface area contributed by atoms with Gasteiger partial charge in [-0.3, -0.25) is 4.79 Å². The van der Waals surface area contributed by atoms with E-state index < -0.39 is 12.0 Å². The highest BCUT2D eigenvalue weighted by Gasteiger charge is 2.24. The van der Waals surface area contributed by atoms with Crippen molar-refractivity contribution in [1.82, 2.24) is 5.32 Å². The molecule has 0 bridgehead atoms. The van der Waals surface area contributed by atoms with Crippen molar-refractivity contribution in [1.29, 1.82) is 0 Å². The summed E-state index contributed by atoms with van der Waals surface area (Å²) in [6.45, 7) is 4.47. The SMILES string of the molecule is CCCC(NCc1cc(OC)cc2c1OC(C)C2)C(=O)O. The van der Waals surface area contributed by atoms with E-state index in [2.05, 4.69) is 5.32 Å². The fraction of sp³-hybridized carbons (Fsp3) is 0.562. The third-order valence-corrected chi connectivity index (χ3v) is 3.69. The standard InChI is InChI=1S/C16H23NO4/c1-4-5-14(16(18)19)17-9-12-8-13(20-3)7-11-6-10(2)21-15(11)12/h7-8,10,14,17H,4-6,9H2,1-3H3,(H,18,19). The minimum absolute atomic E-state index is 0.150. The number of fused-ring (bicyclic) bond motifs is 1. The topological polar surface area (TPSA) is 67.8 Å². The van der Waals surface area contributed by atoms with Crippen molar-refractivity contribution in [2.24, 2.45) is 0 Å². The van der Waals surface area contributed by atoms with Crippen molar-refractivity contribution in [3.8, 4) is 11.5 Å². The van der Waals surface area contributed by atoms with Gasteiger partial charge >= 0.3 is 5.97 Å². The maximum Gasteiger partial charge on any atom is 0.320 e. The molecular weight excluding hydrogens is 270 g/mol. The van der Waals surface area contributed by atoms with Crippen LogP contribution in [-0.4, -0.2) is 30.3 Å². The smallest absolute Gasteiger partial charge is 0.320 e. The zero-order chi connectivity index (χ0) is 15.4. The summed E-state index contributed by atoms with van der Waals surface area (Å²) >= 11 is 0. The van der Waals surface area contributed by atoms with E-state index in [9.17, 15) is 9.90 Å². The van der Waals surface area contributed by atoms with E-state index in [1.807, 2.05) is 26.0 Å². The Morgan fingerprint density at radius 2 is 2.33 bits per heavy atom. The number of aliphatic carboxylic acids is 1. The molecule has 0 aromatic heterocycles. The van der Waals surface area contributed by atoms with E-state index in [-0.39, 0.29) is 6.10 Å². The minimum Gasteiger partial charge on any atom is -0.497 e. The van der Waals surface area contributed by atoms with Crippen LogP contribution in [0.15, 0.2) is 12.1 Å². The fourth-order valence-electron chi connectivity index (χ4n) is 2.66. The number of carboxylic acid groups (broad SMARTS) is 1. The van der Waals surface area contributed by atoms with Gasteiger partial charge in [0.1, 0.15) is 23.6 Å². The Kier molecular flexibility index (Phi) is 5.07. The summed E-state index contributed by atoms with van der Waals surface area (Å²) in [6, 6.07) is 3.37. The molecule has 5 nitrogen and oxygen atoms in total. The summed E-state index contributed by atoms with van der Waals surface area (Å²) in [5, 5.41) is 12.3. The van der Waals surface area contributed by atoms with Gasteiger partial charge < -0.3 is 19.9 Å². The summed E-state index contributed by atoms with van der Waals surface area (Å²) in [4.78, 5) is 11.2. The molecule has 1 aliphatic heterocycles. The van der Waals surface area contributed by atoms with Crippen LogP contribution in [0.2, 0.25) is 0 Å². The number of hydrogen-bond acceptors (Lipinski definition) is 4. The normalized spacial score (nSPS) is 18.0. The van der Waals surface area contributed by atoms with Crippen LogP contribution in [0.5, 0.6) is 11.5 Å². The van der Waals surface area contributed by atoms with Crippen LogP contribution in [0.3, 0.4) is 0 Å². The van der Waals surface area contributed by atoms with Gasteiger partial charge in [0.05, 0.1) is 7.11 Å². The molecule has 116 valence electrons. The molecule has 0 radical (unpaired) electrons. The van der Waals surface area contributed by atoms with Gasteiger partial charge in [0.2, 0.25) is 0 Å². The average Bonchev–Trinajstić information content (AvgIpc) is 2.82. The Morgan fingerprint density at radius 3 is 2.95 bits per heavy atom. The number of hydrogen-bond donors (Lipinski definition) is 2. The van der Waals surface area contributed by atoms with Crippen molar-refractivity contribution in [2.75, 3.05) is 7.11 Å². The molecule has 0 fully saturated rings. The summed E-state index contributed by atoms with van der Waals surface area (Å²) in [5.41, 5.74) is 2.08. The first-order chi connectivity index (χ1) is 10.0. The first kappa shape index (κ1) is 15.6. The lowest BCUT2D eigenvalue weighted by molar-refractivity contribution is -0.139. The molecule has 0 saturated heterocycles. The van der Waals surface area contributed by atoms with E-state index in [4.69, 9.17) is 9.47 Å². The van der Waals surface area contributed by atoms with Crippen molar-refractivity contribution in [3.05, 3.63) is 23.3 Å². The zero-order valence-corrected chi connectivity index (χ0v) is 12.8. The first-order valence-corrected chi connectivity index (χ1v) is 7.37. The molecule has 1 aliphatic rings. The van der Waals surface area contributed by atoms with Crippen LogP contribution >= 0.6 is 0 Å². The van der Waals surface area contributed by atoms with Crippen molar-refractivity contribution in [2.45, 2.75) is 51.8 Å². The van der Waals surface area contributed by atoms with Gasteiger partial charge in [-0.15, -0.1) is 0 Å². The maximum atomic E-state index is 11.2. The third-order valence-electron chi connectivity index (χ3n) is 3.69. The lowest BCUT2D eigenvalue weighted by Crippen LogP contribution is -2.36. The van der Waals surface area contributed by atoms with Gasteiger partial charge in [0.15, 0.2) is 0 Å². The molecule has 1 aromatic rings. The molecule has 0 amide bonds. The van der Waals surface area contributed by atoms with Gasteiger partial charge in [0.25, 0.3) is 0 Å². The second-order valence-corrected chi connectivity index (χ2v) is 5.47. The van der Waals surface area contributed by atoms with Crippen LogP contribution in [-0.2, 0) is 17.8 Å². The van der Waals surface area contributed by atoms with Gasteiger partial charge in [-0.1, -0.05) is 13.3 Å². The van der Waals surface area contributed by atoms with E-state index in [0.717, 1.165) is 35.5 Å². The van der Waals surface area contributed by atoms with E-state index in [1.165, 1.54) is 0 Å². The Hall–Kier alpha value is -1.75. The van der Waals surface area contributed by atoms with Gasteiger partial charge in [-0.2, -0.15) is 0 Å². The molecular formula is C16H23NO4. The molecule has 2 N–H and O–H groups in total. The Morgan fingerprint density at radius 1 is 1.57 bits per heavy atom. The van der Waals surface area contributed by atoms with Crippen LogP contribution in [0, 0.1) is 0 Å². The van der Waals surface area contributed by atoms with Crippen LogP contribution in [0.25, 0.3) is 0 Å². The number of nitrogens with one attached hydrogen (secondary N) is 1. The molecule has 0 aliphatic carbocycles. The molecule has 1 aromatic carbocycles. The molecule has 0 spiro atoms. The number of carboxylic acids is 1. The lowest BCUT2D eigenvalue weighted by atomic mass is 10.0. The van der Waals surface area contributed by atoms with Gasteiger partial charge in [-0.25, -0.2) is 0 Å². The number of methoxy groups -OCH3 is 1. The van der Waals surface area contributed by atoms with Gasteiger partial charge in [0, 0.05) is 24.1 Å². The summed E-state index contributed by atoms with van der Waals surface area (Å²) in [7, 11) is 1.63. The number of carbonyl (C=O) groups is 1. The number of ether oxygens (including phenoxy) is 2. The molecule has 21 heavy (non-hydrogen) atoms. The number of benzene rings is 1. The van der Waals surface area contributed by atoms with Gasteiger partial charge in [-0.05, 0) is 25.5 Å². The summed E-state index contributed by atoms with van der Waals surface area (Å²) < 4.78 is 11.2. The van der Waals surface area contributed by atoms with E-state index in [0.29, 0.717) is 13.0 Å². The Bertz CT molecular complexity index is 515. The third kappa shape index (κ3) is 3.67. The summed E-state index contributed by atoms with van der Waals surface area (Å²) in [5.74, 6) is 0.840. The highest BCUT2D eigenvalue weighted by molar-refractivity contribution is 5.73. The highest BCUT2D eigenvalue weighted by atomic mass is 16.5. The van der Waals surface area contributed by atoms with Crippen LogP contribution in [0.1, 0.15) is 37.8 Å². The van der Waals surface area contributed by atoms with Crippen LogP contribution in [0.4, 0.5) is 0 Å². The number of rotatable bonds is 7. The minimum atomic E-state index is -0.814. The predicted octanol–water partition coefficient (Wildman–Crippen LogP) is 2.36. The van der Waals surface area contributed by atoms with Crippen molar-refractivity contribution >= 4 is 5.97 Å². The predicted molar refractivity (Wildman–Crippen MR) is 80.0 cm³/mol. The quantitative estimate of drug-likeness (QED) is 0.808.